The number of carboxylic acid groups (broad SMARTS) is 1. The molecule has 2 aromatic rings. The first-order valence-electron chi connectivity index (χ1n) is 9.96. The highest BCUT2D eigenvalue weighted by molar-refractivity contribution is 5.83. The van der Waals surface area contributed by atoms with Gasteiger partial charge in [-0.1, -0.05) is 24.3 Å². The molecule has 1 aromatic carbocycles. The molecule has 0 aliphatic carbocycles. The summed E-state index contributed by atoms with van der Waals surface area (Å²) in [6.07, 6.45) is 3.00. The maximum Gasteiger partial charge on any atom is 0.326 e. The van der Waals surface area contributed by atoms with E-state index in [1.165, 1.54) is 22.9 Å². The zero-order chi connectivity index (χ0) is 22.5. The summed E-state index contributed by atoms with van der Waals surface area (Å²) in [7, 11) is 3.00. The molecule has 1 aromatic heterocycles. The van der Waals surface area contributed by atoms with Gasteiger partial charge in [0, 0.05) is 20.0 Å². The van der Waals surface area contributed by atoms with Crippen LogP contribution in [0.1, 0.15) is 18.4 Å². The smallest absolute Gasteiger partial charge is 0.326 e. The van der Waals surface area contributed by atoms with Gasteiger partial charge in [-0.25, -0.2) is 14.3 Å². The molecule has 3 rings (SSSR count). The number of aryl methyl sites for hydroxylation is 1. The van der Waals surface area contributed by atoms with Gasteiger partial charge >= 0.3 is 12.0 Å². The Morgan fingerprint density at radius 3 is 2.65 bits per heavy atom. The minimum Gasteiger partial charge on any atom is -0.494 e. The van der Waals surface area contributed by atoms with E-state index in [-0.39, 0.29) is 24.6 Å². The zero-order valence-electron chi connectivity index (χ0n) is 17.4. The summed E-state index contributed by atoms with van der Waals surface area (Å²) in [6.45, 7) is 0.339. The molecule has 0 radical (unpaired) electrons. The number of carbonyl (C=O) groups excluding carboxylic acids is 1. The average molecular weight is 430 g/mol. The summed E-state index contributed by atoms with van der Waals surface area (Å²) < 4.78 is 6.46. The maximum atomic E-state index is 12.5. The number of likely N-dealkylation sites (tertiary alicyclic amines) is 1. The third kappa shape index (κ3) is 4.85. The van der Waals surface area contributed by atoms with Crippen molar-refractivity contribution in [3.8, 4) is 16.9 Å². The standard InChI is InChI=1S/C21H26N4O6/c1-24-19(27)18(17(31-2)11-22-24)14-7-5-13(6-8-14)10-16(20(28)29)23-21(30)25-9-3-4-15(25)12-26/h5-8,11,15-16,26H,3-4,9-10,12H2,1-2H3,(H,23,30)(H,28,29)/t15-,16-/m0/s1. The van der Waals surface area contributed by atoms with Crippen LogP contribution in [0.15, 0.2) is 35.3 Å². The minimum atomic E-state index is -1.15. The number of hydrogen-bond acceptors (Lipinski definition) is 6. The van der Waals surface area contributed by atoms with E-state index >= 15 is 0 Å². The number of hydrogen-bond donors (Lipinski definition) is 3. The summed E-state index contributed by atoms with van der Waals surface area (Å²) in [5.74, 6) is -0.808. The van der Waals surface area contributed by atoms with Gasteiger partial charge in [0.05, 0.1) is 31.5 Å². The number of rotatable bonds is 7. The van der Waals surface area contributed by atoms with Crippen LogP contribution in [-0.4, -0.2) is 69.2 Å². The molecule has 2 heterocycles. The monoisotopic (exact) mass is 430 g/mol. The van der Waals surface area contributed by atoms with Crippen molar-refractivity contribution in [1.82, 2.24) is 20.0 Å². The van der Waals surface area contributed by atoms with Crippen LogP contribution in [0.4, 0.5) is 4.79 Å². The lowest BCUT2D eigenvalue weighted by Gasteiger charge is -2.25. The minimum absolute atomic E-state index is 0.0739. The number of urea groups is 1. The van der Waals surface area contributed by atoms with Crippen molar-refractivity contribution in [2.45, 2.75) is 31.3 Å². The lowest BCUT2D eigenvalue weighted by Crippen LogP contribution is -2.50. The Bertz CT molecular complexity index is 1000. The van der Waals surface area contributed by atoms with E-state index in [0.717, 1.165) is 6.42 Å². The highest BCUT2D eigenvalue weighted by Crippen LogP contribution is 2.26. The van der Waals surface area contributed by atoms with Gasteiger partial charge < -0.3 is 25.2 Å². The Morgan fingerprint density at radius 2 is 2.03 bits per heavy atom. The van der Waals surface area contributed by atoms with E-state index in [1.807, 2.05) is 0 Å². The largest absolute Gasteiger partial charge is 0.494 e. The maximum absolute atomic E-state index is 12.5. The predicted molar refractivity (Wildman–Crippen MR) is 112 cm³/mol. The van der Waals surface area contributed by atoms with Crippen LogP contribution in [0.25, 0.3) is 11.1 Å². The second-order valence-electron chi connectivity index (χ2n) is 7.43. The number of ether oxygens (including phenoxy) is 1. The molecule has 2 atom stereocenters. The number of nitrogens with zero attached hydrogens (tertiary/aromatic N) is 3. The number of aliphatic hydroxyl groups excluding tert-OH is 1. The number of aliphatic hydroxyl groups is 1. The van der Waals surface area contributed by atoms with E-state index in [2.05, 4.69) is 10.4 Å². The lowest BCUT2D eigenvalue weighted by atomic mass is 10.0. The molecular formula is C21H26N4O6. The van der Waals surface area contributed by atoms with Crippen LogP contribution in [-0.2, 0) is 18.3 Å². The Balaban J connectivity index is 1.76. The van der Waals surface area contributed by atoms with Crippen molar-refractivity contribution in [1.29, 1.82) is 0 Å². The van der Waals surface area contributed by atoms with E-state index in [4.69, 9.17) is 4.74 Å². The fraction of sp³-hybridized carbons (Fsp3) is 0.429. The van der Waals surface area contributed by atoms with Crippen molar-refractivity contribution in [3.05, 3.63) is 46.4 Å². The molecule has 0 bridgehead atoms. The number of methoxy groups -OCH3 is 1. The summed E-state index contributed by atoms with van der Waals surface area (Å²) >= 11 is 0. The van der Waals surface area contributed by atoms with Crippen LogP contribution in [0.3, 0.4) is 0 Å². The Kier molecular flexibility index (Phi) is 6.91. The lowest BCUT2D eigenvalue weighted by molar-refractivity contribution is -0.139. The molecule has 10 heteroatoms. The third-order valence-electron chi connectivity index (χ3n) is 5.45. The van der Waals surface area contributed by atoms with Crippen LogP contribution >= 0.6 is 0 Å². The predicted octanol–water partition coefficient (Wildman–Crippen LogP) is 0.618. The van der Waals surface area contributed by atoms with Crippen LogP contribution in [0.2, 0.25) is 0 Å². The normalized spacial score (nSPS) is 16.7. The number of carboxylic acids is 1. The van der Waals surface area contributed by atoms with E-state index in [9.17, 15) is 24.6 Å². The number of aliphatic carboxylic acids is 1. The molecule has 2 amide bonds. The molecule has 1 saturated heterocycles. The van der Waals surface area contributed by atoms with Gasteiger partial charge in [0.2, 0.25) is 0 Å². The van der Waals surface area contributed by atoms with Crippen molar-refractivity contribution >= 4 is 12.0 Å². The van der Waals surface area contributed by atoms with Crippen molar-refractivity contribution < 1.29 is 24.5 Å². The molecule has 3 N–H and O–H groups in total. The molecule has 1 aliphatic rings. The number of benzene rings is 1. The average Bonchev–Trinajstić information content (AvgIpc) is 3.24. The molecule has 1 aliphatic heterocycles. The van der Waals surface area contributed by atoms with Gasteiger partial charge in [0.15, 0.2) is 5.75 Å². The number of amides is 2. The first-order chi connectivity index (χ1) is 14.8. The molecular weight excluding hydrogens is 404 g/mol. The topological polar surface area (TPSA) is 134 Å². The van der Waals surface area contributed by atoms with Crippen LogP contribution in [0, 0.1) is 0 Å². The fourth-order valence-corrected chi connectivity index (χ4v) is 3.71. The number of nitrogens with one attached hydrogen (secondary N) is 1. The zero-order valence-corrected chi connectivity index (χ0v) is 17.4. The summed E-state index contributed by atoms with van der Waals surface area (Å²) in [6, 6.07) is 4.93. The third-order valence-corrected chi connectivity index (χ3v) is 5.45. The first kappa shape index (κ1) is 22.3. The Hall–Kier alpha value is -3.40. The first-order valence-corrected chi connectivity index (χ1v) is 9.96. The van der Waals surface area contributed by atoms with Gasteiger partial charge in [0.1, 0.15) is 6.04 Å². The SMILES string of the molecule is COc1cnn(C)c(=O)c1-c1ccc(C[C@H](NC(=O)N2CCC[C@H]2CO)C(=O)O)cc1. The van der Waals surface area contributed by atoms with Gasteiger partial charge in [-0.3, -0.25) is 4.79 Å². The quantitative estimate of drug-likeness (QED) is 0.586. The number of aromatic nitrogens is 2. The molecule has 166 valence electrons. The van der Waals surface area contributed by atoms with Gasteiger partial charge in [-0.05, 0) is 24.0 Å². The van der Waals surface area contributed by atoms with Crippen molar-refractivity contribution in [3.63, 3.8) is 0 Å². The second-order valence-corrected chi connectivity index (χ2v) is 7.43. The van der Waals surface area contributed by atoms with Crippen LogP contribution < -0.4 is 15.6 Å². The van der Waals surface area contributed by atoms with E-state index < -0.39 is 18.0 Å². The highest BCUT2D eigenvalue weighted by Gasteiger charge is 2.31. The van der Waals surface area contributed by atoms with Crippen molar-refractivity contribution in [2.24, 2.45) is 7.05 Å². The van der Waals surface area contributed by atoms with Gasteiger partial charge in [-0.15, -0.1) is 0 Å². The van der Waals surface area contributed by atoms with Gasteiger partial charge in [0.25, 0.3) is 5.56 Å². The molecule has 10 nitrogen and oxygen atoms in total. The van der Waals surface area contributed by atoms with E-state index in [0.29, 0.717) is 35.4 Å². The van der Waals surface area contributed by atoms with Gasteiger partial charge in [-0.2, -0.15) is 5.10 Å². The summed E-state index contributed by atoms with van der Waals surface area (Å²) in [5.41, 5.74) is 1.34. The molecule has 0 saturated carbocycles. The Labute approximate surface area is 179 Å². The Morgan fingerprint density at radius 1 is 1.32 bits per heavy atom. The summed E-state index contributed by atoms with van der Waals surface area (Å²) in [4.78, 5) is 38.1. The highest BCUT2D eigenvalue weighted by atomic mass is 16.5. The van der Waals surface area contributed by atoms with Crippen molar-refractivity contribution in [2.75, 3.05) is 20.3 Å². The molecule has 0 unspecified atom stereocenters. The van der Waals surface area contributed by atoms with Crippen LogP contribution in [0.5, 0.6) is 5.75 Å². The fourth-order valence-electron chi connectivity index (χ4n) is 3.71. The number of carbonyl (C=O) groups is 2. The van der Waals surface area contributed by atoms with E-state index in [1.54, 1.807) is 31.3 Å². The summed E-state index contributed by atoms with van der Waals surface area (Å²) in [5, 5.41) is 25.4. The second kappa shape index (κ2) is 9.61. The molecule has 1 fully saturated rings. The molecule has 0 spiro atoms. The molecule has 31 heavy (non-hydrogen) atoms.